The monoisotopic (exact) mass is 437 g/mol. The molecule has 31 heavy (non-hydrogen) atoms. The highest BCUT2D eigenvalue weighted by atomic mass is 32.1. The number of dihydropyridines is 1. The lowest BCUT2D eigenvalue weighted by atomic mass is 9.69. The van der Waals surface area contributed by atoms with Crippen molar-refractivity contribution in [3.05, 3.63) is 74.8 Å². The van der Waals surface area contributed by atoms with Crippen molar-refractivity contribution in [2.75, 3.05) is 7.11 Å². The number of nitrogens with one attached hydrogen (secondary N) is 1. The number of hydrogen-bond donors (Lipinski definition) is 1. The summed E-state index contributed by atoms with van der Waals surface area (Å²) in [5, 5.41) is 7.35. The van der Waals surface area contributed by atoms with E-state index in [2.05, 4.69) is 19.2 Å². The molecule has 6 heteroatoms. The molecule has 1 aliphatic heterocycles. The maximum Gasteiger partial charge on any atom is 0.337 e. The van der Waals surface area contributed by atoms with Gasteiger partial charge in [-0.3, -0.25) is 4.79 Å². The summed E-state index contributed by atoms with van der Waals surface area (Å²) in [7, 11) is 1.61. The van der Waals surface area contributed by atoms with E-state index in [1.165, 1.54) is 0 Å². The summed E-state index contributed by atoms with van der Waals surface area (Å²) in [6.45, 7) is 6.25. The summed E-state index contributed by atoms with van der Waals surface area (Å²) in [6.07, 6.45) is 1.25. The lowest BCUT2D eigenvalue weighted by Gasteiger charge is -2.39. The number of methoxy groups -OCH3 is 1. The molecular formula is C25H27NO4S. The summed E-state index contributed by atoms with van der Waals surface area (Å²) in [4.78, 5) is 26.4. The van der Waals surface area contributed by atoms with Gasteiger partial charge in [-0.1, -0.05) is 26.0 Å². The summed E-state index contributed by atoms with van der Waals surface area (Å²) in [6, 6.07) is 9.40. The van der Waals surface area contributed by atoms with Crippen LogP contribution < -0.4 is 10.1 Å². The van der Waals surface area contributed by atoms with Crippen LogP contribution in [0.3, 0.4) is 0 Å². The van der Waals surface area contributed by atoms with Gasteiger partial charge in [0.15, 0.2) is 5.78 Å². The number of carbonyl (C=O) groups excluding carboxylic acids is 2. The zero-order chi connectivity index (χ0) is 22.2. The van der Waals surface area contributed by atoms with Crippen LogP contribution >= 0.6 is 11.3 Å². The van der Waals surface area contributed by atoms with Crippen LogP contribution in [0.4, 0.5) is 0 Å². The third-order valence-corrected chi connectivity index (χ3v) is 6.57. The first-order chi connectivity index (χ1) is 14.8. The van der Waals surface area contributed by atoms with Crippen molar-refractivity contribution in [2.24, 2.45) is 5.41 Å². The molecular weight excluding hydrogens is 410 g/mol. The van der Waals surface area contributed by atoms with E-state index in [9.17, 15) is 9.59 Å². The standard InChI is InChI=1S/C25H27NO4S/c1-15-21(24(28)30-13-16-5-7-18(29-4)8-6-16)22(17-9-10-31-14-17)23-19(26-15)11-25(2,3)12-20(23)27/h5-10,14,22,26H,11-13H2,1-4H3. The van der Waals surface area contributed by atoms with E-state index in [0.29, 0.717) is 17.6 Å². The molecule has 0 bridgehead atoms. The molecule has 2 aromatic rings. The molecule has 1 unspecified atom stereocenters. The zero-order valence-corrected chi connectivity index (χ0v) is 19.1. The third-order valence-electron chi connectivity index (χ3n) is 5.87. The highest BCUT2D eigenvalue weighted by Crippen LogP contribution is 2.47. The van der Waals surface area contributed by atoms with Gasteiger partial charge in [-0.15, -0.1) is 0 Å². The van der Waals surface area contributed by atoms with Crippen LogP contribution in [0.15, 0.2) is 63.6 Å². The first-order valence-electron chi connectivity index (χ1n) is 10.4. The SMILES string of the molecule is COc1ccc(COC(=O)C2=C(C)NC3=C(C(=O)CC(C)(C)C3)C2c2ccsc2)cc1. The second-order valence-electron chi connectivity index (χ2n) is 8.91. The lowest BCUT2D eigenvalue weighted by molar-refractivity contribution is -0.140. The molecule has 5 nitrogen and oxygen atoms in total. The molecule has 1 aromatic carbocycles. The smallest absolute Gasteiger partial charge is 0.337 e. The van der Waals surface area contributed by atoms with Gasteiger partial charge in [0.05, 0.1) is 12.7 Å². The van der Waals surface area contributed by atoms with E-state index in [0.717, 1.165) is 34.7 Å². The fraction of sp³-hybridized carbons (Fsp3) is 0.360. The molecule has 1 N–H and O–H groups in total. The minimum Gasteiger partial charge on any atom is -0.497 e. The van der Waals surface area contributed by atoms with E-state index in [1.54, 1.807) is 18.4 Å². The molecule has 1 aromatic heterocycles. The molecule has 1 aliphatic carbocycles. The Hall–Kier alpha value is -2.86. The zero-order valence-electron chi connectivity index (χ0n) is 18.3. The van der Waals surface area contributed by atoms with Gasteiger partial charge in [-0.2, -0.15) is 11.3 Å². The topological polar surface area (TPSA) is 64.6 Å². The molecule has 0 amide bonds. The number of ketones is 1. The van der Waals surface area contributed by atoms with Crippen LogP contribution in [-0.4, -0.2) is 18.9 Å². The van der Waals surface area contributed by atoms with Crippen LogP contribution in [0.5, 0.6) is 5.75 Å². The maximum atomic E-state index is 13.2. The van der Waals surface area contributed by atoms with Crippen LogP contribution in [0.25, 0.3) is 0 Å². The highest BCUT2D eigenvalue weighted by Gasteiger charge is 2.43. The summed E-state index contributed by atoms with van der Waals surface area (Å²) >= 11 is 1.56. The predicted molar refractivity (Wildman–Crippen MR) is 121 cm³/mol. The molecule has 0 spiro atoms. The van der Waals surface area contributed by atoms with Crippen LogP contribution in [0.2, 0.25) is 0 Å². The molecule has 0 radical (unpaired) electrons. The van der Waals surface area contributed by atoms with Gasteiger partial charge in [0.25, 0.3) is 0 Å². The second-order valence-corrected chi connectivity index (χ2v) is 9.69. The molecule has 4 rings (SSSR count). The molecule has 0 fully saturated rings. The van der Waals surface area contributed by atoms with Gasteiger partial charge in [0, 0.05) is 29.3 Å². The van der Waals surface area contributed by atoms with Gasteiger partial charge >= 0.3 is 5.97 Å². The first-order valence-corrected chi connectivity index (χ1v) is 11.3. The minimum absolute atomic E-state index is 0.0999. The largest absolute Gasteiger partial charge is 0.497 e. The summed E-state index contributed by atoms with van der Waals surface area (Å²) in [5.41, 5.74) is 4.64. The number of hydrogen-bond acceptors (Lipinski definition) is 6. The average Bonchev–Trinajstić information content (AvgIpc) is 3.25. The highest BCUT2D eigenvalue weighted by molar-refractivity contribution is 7.08. The van der Waals surface area contributed by atoms with E-state index in [4.69, 9.17) is 9.47 Å². The summed E-state index contributed by atoms with van der Waals surface area (Å²) < 4.78 is 10.9. The molecule has 0 saturated carbocycles. The fourth-order valence-corrected chi connectivity index (χ4v) is 5.11. The van der Waals surface area contributed by atoms with Crippen molar-refractivity contribution < 1.29 is 19.1 Å². The third kappa shape index (κ3) is 4.30. The van der Waals surface area contributed by atoms with Gasteiger partial charge in [-0.25, -0.2) is 4.79 Å². The van der Waals surface area contributed by atoms with Crippen molar-refractivity contribution in [3.8, 4) is 5.75 Å². The molecule has 162 valence electrons. The number of esters is 1. The van der Waals surface area contributed by atoms with Gasteiger partial charge in [-0.05, 0) is 58.8 Å². The van der Waals surface area contributed by atoms with Gasteiger partial charge < -0.3 is 14.8 Å². The van der Waals surface area contributed by atoms with Crippen molar-refractivity contribution in [2.45, 2.75) is 46.1 Å². The number of thiophene rings is 1. The minimum atomic E-state index is -0.402. The Morgan fingerprint density at radius 1 is 1.19 bits per heavy atom. The number of ether oxygens (including phenoxy) is 2. The molecule has 1 atom stereocenters. The Morgan fingerprint density at radius 3 is 2.58 bits per heavy atom. The van der Waals surface area contributed by atoms with E-state index < -0.39 is 11.9 Å². The van der Waals surface area contributed by atoms with Crippen LogP contribution in [-0.2, 0) is 20.9 Å². The van der Waals surface area contributed by atoms with E-state index >= 15 is 0 Å². The number of carbonyl (C=O) groups is 2. The van der Waals surface area contributed by atoms with Gasteiger partial charge in [0.1, 0.15) is 12.4 Å². The number of benzene rings is 1. The summed E-state index contributed by atoms with van der Waals surface area (Å²) in [5.74, 6) is 0.0550. The Bertz CT molecular complexity index is 1060. The number of rotatable bonds is 5. The second kappa shape index (κ2) is 8.35. The number of allylic oxidation sites excluding steroid dienone is 3. The van der Waals surface area contributed by atoms with Crippen molar-refractivity contribution in [1.82, 2.24) is 5.32 Å². The fourth-order valence-electron chi connectivity index (χ4n) is 4.43. The number of Topliss-reactive ketones (excluding diaryl/α,β-unsaturated/α-hetero) is 1. The normalized spacial score (nSPS) is 20.3. The average molecular weight is 438 g/mol. The van der Waals surface area contributed by atoms with Crippen molar-refractivity contribution in [3.63, 3.8) is 0 Å². The molecule has 2 heterocycles. The Kier molecular flexibility index (Phi) is 5.75. The molecule has 0 saturated heterocycles. The maximum absolute atomic E-state index is 13.2. The van der Waals surface area contributed by atoms with E-state index in [1.807, 2.05) is 48.0 Å². The quantitative estimate of drug-likeness (QED) is 0.659. The lowest BCUT2D eigenvalue weighted by Crippen LogP contribution is -2.38. The van der Waals surface area contributed by atoms with Crippen LogP contribution in [0.1, 0.15) is 50.7 Å². The first kappa shape index (κ1) is 21.4. The van der Waals surface area contributed by atoms with Crippen molar-refractivity contribution in [1.29, 1.82) is 0 Å². The van der Waals surface area contributed by atoms with Gasteiger partial charge in [0.2, 0.25) is 0 Å². The predicted octanol–water partition coefficient (Wildman–Crippen LogP) is 5.10. The van der Waals surface area contributed by atoms with E-state index in [-0.39, 0.29) is 17.8 Å². The molecule has 2 aliphatic rings. The Morgan fingerprint density at radius 2 is 1.94 bits per heavy atom. The van der Waals surface area contributed by atoms with Crippen LogP contribution in [0, 0.1) is 5.41 Å². The Balaban J connectivity index is 1.64. The van der Waals surface area contributed by atoms with Crippen molar-refractivity contribution >= 4 is 23.1 Å². The Labute approximate surface area is 186 Å².